The number of carbonyl (C=O) groups excluding carboxylic acids is 2. The van der Waals surface area contributed by atoms with Crippen molar-refractivity contribution in [2.45, 2.75) is 25.8 Å². The molecule has 28 heavy (non-hydrogen) atoms. The summed E-state index contributed by atoms with van der Waals surface area (Å²) in [6, 6.07) is 12.0. The van der Waals surface area contributed by atoms with Gasteiger partial charge < -0.3 is 15.5 Å². The van der Waals surface area contributed by atoms with Crippen LogP contribution in [0.15, 0.2) is 48.5 Å². The normalized spacial score (nSPS) is 16.5. The topological polar surface area (TPSA) is 110 Å². The molecule has 0 radical (unpaired) electrons. The lowest BCUT2D eigenvalue weighted by atomic mass is 9.95. The molecule has 2 aromatic rings. The SMILES string of the molecule is CCCCN1C(=O)CN(C(N)=O)C(c2ccccc2)c2cc([N+](=O)[O-])ccc21. The van der Waals surface area contributed by atoms with Gasteiger partial charge in [-0.1, -0.05) is 43.7 Å². The number of urea groups is 1. The van der Waals surface area contributed by atoms with E-state index in [0.29, 0.717) is 17.8 Å². The summed E-state index contributed by atoms with van der Waals surface area (Å²) in [4.78, 5) is 38.9. The third-order valence-corrected chi connectivity index (χ3v) is 4.86. The third-order valence-electron chi connectivity index (χ3n) is 4.86. The molecule has 2 N–H and O–H groups in total. The molecule has 0 aliphatic carbocycles. The van der Waals surface area contributed by atoms with Gasteiger partial charge in [0.2, 0.25) is 5.91 Å². The molecule has 0 aromatic heterocycles. The third kappa shape index (κ3) is 3.66. The van der Waals surface area contributed by atoms with Crippen LogP contribution >= 0.6 is 0 Å². The van der Waals surface area contributed by atoms with Crippen LogP contribution < -0.4 is 10.6 Å². The number of carbonyl (C=O) groups is 2. The predicted molar refractivity (Wildman–Crippen MR) is 105 cm³/mol. The minimum Gasteiger partial charge on any atom is -0.351 e. The van der Waals surface area contributed by atoms with E-state index in [2.05, 4.69) is 0 Å². The van der Waals surface area contributed by atoms with Crippen LogP contribution in [0, 0.1) is 10.1 Å². The molecular formula is C20H22N4O4. The molecule has 1 heterocycles. The van der Waals surface area contributed by atoms with Gasteiger partial charge in [0.1, 0.15) is 6.54 Å². The summed E-state index contributed by atoms with van der Waals surface area (Å²) in [7, 11) is 0. The number of fused-ring (bicyclic) bond motifs is 1. The first-order valence-corrected chi connectivity index (χ1v) is 9.13. The Morgan fingerprint density at radius 2 is 1.96 bits per heavy atom. The lowest BCUT2D eigenvalue weighted by Crippen LogP contribution is -2.44. The van der Waals surface area contributed by atoms with Crippen LogP contribution in [0.1, 0.15) is 36.9 Å². The maximum atomic E-state index is 12.9. The van der Waals surface area contributed by atoms with Crippen molar-refractivity contribution in [3.05, 3.63) is 69.8 Å². The van der Waals surface area contributed by atoms with Crippen LogP contribution in [0.4, 0.5) is 16.2 Å². The number of nitrogens with two attached hydrogens (primary N) is 1. The molecule has 1 atom stereocenters. The number of unbranched alkanes of at least 4 members (excludes halogenated alkanes) is 1. The number of benzene rings is 2. The van der Waals surface area contributed by atoms with E-state index >= 15 is 0 Å². The Labute approximate surface area is 162 Å². The van der Waals surface area contributed by atoms with Gasteiger partial charge in [0, 0.05) is 29.9 Å². The molecule has 0 saturated heterocycles. The van der Waals surface area contributed by atoms with E-state index in [1.54, 1.807) is 11.0 Å². The maximum absolute atomic E-state index is 12.9. The number of amides is 3. The Morgan fingerprint density at radius 1 is 1.25 bits per heavy atom. The maximum Gasteiger partial charge on any atom is 0.316 e. The first-order valence-electron chi connectivity index (χ1n) is 9.13. The quantitative estimate of drug-likeness (QED) is 0.632. The van der Waals surface area contributed by atoms with Crippen molar-refractivity contribution in [3.8, 4) is 0 Å². The van der Waals surface area contributed by atoms with Crippen molar-refractivity contribution in [2.24, 2.45) is 5.73 Å². The Kier molecular flexibility index (Phi) is 5.58. The van der Waals surface area contributed by atoms with Gasteiger partial charge in [0.05, 0.1) is 11.0 Å². The number of hydrogen-bond acceptors (Lipinski definition) is 4. The Morgan fingerprint density at radius 3 is 2.57 bits per heavy atom. The molecule has 0 bridgehead atoms. The highest BCUT2D eigenvalue weighted by molar-refractivity contribution is 5.99. The zero-order valence-corrected chi connectivity index (χ0v) is 15.6. The monoisotopic (exact) mass is 382 g/mol. The summed E-state index contributed by atoms with van der Waals surface area (Å²) in [5.41, 5.74) is 7.32. The Balaban J connectivity index is 2.25. The number of primary amides is 1. The van der Waals surface area contributed by atoms with Crippen LogP contribution in [-0.2, 0) is 4.79 Å². The summed E-state index contributed by atoms with van der Waals surface area (Å²) in [5, 5.41) is 11.4. The second-order valence-electron chi connectivity index (χ2n) is 6.68. The number of non-ortho nitro benzene ring substituents is 1. The van der Waals surface area contributed by atoms with Crippen LogP contribution in [-0.4, -0.2) is 34.9 Å². The van der Waals surface area contributed by atoms with Gasteiger partial charge in [-0.3, -0.25) is 14.9 Å². The van der Waals surface area contributed by atoms with Crippen molar-refractivity contribution in [1.82, 2.24) is 4.90 Å². The second-order valence-corrected chi connectivity index (χ2v) is 6.68. The lowest BCUT2D eigenvalue weighted by molar-refractivity contribution is -0.384. The molecule has 0 spiro atoms. The highest BCUT2D eigenvalue weighted by atomic mass is 16.6. The zero-order valence-electron chi connectivity index (χ0n) is 15.6. The summed E-state index contributed by atoms with van der Waals surface area (Å²) in [6.07, 6.45) is 1.66. The van der Waals surface area contributed by atoms with Gasteiger partial charge in [-0.25, -0.2) is 4.79 Å². The standard InChI is InChI=1S/C20H22N4O4/c1-2-3-11-22-17-10-9-15(24(27)28)12-16(17)19(14-7-5-4-6-8-14)23(20(21)26)13-18(22)25/h4-10,12,19H,2-3,11,13H2,1H3,(H2,21,26). The number of nitro groups is 1. The number of nitrogens with zero attached hydrogens (tertiary/aromatic N) is 3. The van der Waals surface area contributed by atoms with Gasteiger partial charge in [-0.05, 0) is 18.1 Å². The molecular weight excluding hydrogens is 360 g/mol. The summed E-state index contributed by atoms with van der Waals surface area (Å²) in [6.45, 7) is 2.29. The number of nitro benzene ring substituents is 1. The van der Waals surface area contributed by atoms with Crippen LogP contribution in [0.25, 0.3) is 0 Å². The van der Waals surface area contributed by atoms with E-state index in [9.17, 15) is 19.7 Å². The summed E-state index contributed by atoms with van der Waals surface area (Å²) < 4.78 is 0. The number of anilines is 1. The first-order chi connectivity index (χ1) is 13.4. The molecule has 2 aromatic carbocycles. The molecule has 8 nitrogen and oxygen atoms in total. The van der Waals surface area contributed by atoms with Gasteiger partial charge in [-0.15, -0.1) is 0 Å². The van der Waals surface area contributed by atoms with Gasteiger partial charge in [0.25, 0.3) is 5.69 Å². The summed E-state index contributed by atoms with van der Waals surface area (Å²) >= 11 is 0. The highest BCUT2D eigenvalue weighted by Gasteiger charge is 2.36. The average molecular weight is 382 g/mol. The van der Waals surface area contributed by atoms with Crippen molar-refractivity contribution < 1.29 is 14.5 Å². The van der Waals surface area contributed by atoms with Gasteiger partial charge >= 0.3 is 6.03 Å². The molecule has 1 unspecified atom stereocenters. The van der Waals surface area contributed by atoms with Crippen LogP contribution in [0.5, 0.6) is 0 Å². The van der Waals surface area contributed by atoms with E-state index in [1.807, 2.05) is 37.3 Å². The number of rotatable bonds is 5. The minimum absolute atomic E-state index is 0.103. The van der Waals surface area contributed by atoms with Crippen molar-refractivity contribution in [2.75, 3.05) is 18.0 Å². The largest absolute Gasteiger partial charge is 0.351 e. The fraction of sp³-hybridized carbons (Fsp3) is 0.300. The minimum atomic E-state index is -0.753. The van der Waals surface area contributed by atoms with Crippen LogP contribution in [0.3, 0.4) is 0 Å². The molecule has 0 saturated carbocycles. The highest BCUT2D eigenvalue weighted by Crippen LogP contribution is 2.39. The molecule has 3 amide bonds. The molecule has 1 aliphatic heterocycles. The van der Waals surface area contributed by atoms with Gasteiger partial charge in [0.15, 0.2) is 0 Å². The average Bonchev–Trinajstić information content (AvgIpc) is 2.80. The molecule has 1 aliphatic rings. The Hall–Kier alpha value is -3.42. The second kappa shape index (κ2) is 8.08. The van der Waals surface area contributed by atoms with E-state index < -0.39 is 17.0 Å². The molecule has 3 rings (SSSR count). The first kappa shape index (κ1) is 19.3. The zero-order chi connectivity index (χ0) is 20.3. The van der Waals surface area contributed by atoms with Crippen molar-refractivity contribution in [1.29, 1.82) is 0 Å². The smallest absolute Gasteiger partial charge is 0.316 e. The molecule has 0 fully saturated rings. The fourth-order valence-electron chi connectivity index (χ4n) is 3.51. The van der Waals surface area contributed by atoms with E-state index in [4.69, 9.17) is 5.73 Å². The van der Waals surface area contributed by atoms with E-state index in [-0.39, 0.29) is 18.1 Å². The van der Waals surface area contributed by atoms with Crippen molar-refractivity contribution in [3.63, 3.8) is 0 Å². The Bertz CT molecular complexity index is 900. The summed E-state index contributed by atoms with van der Waals surface area (Å²) in [5.74, 6) is -0.263. The van der Waals surface area contributed by atoms with Crippen molar-refractivity contribution >= 4 is 23.3 Å². The van der Waals surface area contributed by atoms with Crippen LogP contribution in [0.2, 0.25) is 0 Å². The van der Waals surface area contributed by atoms with E-state index in [0.717, 1.165) is 18.4 Å². The molecule has 146 valence electrons. The van der Waals surface area contributed by atoms with E-state index in [1.165, 1.54) is 17.0 Å². The fourth-order valence-corrected chi connectivity index (χ4v) is 3.51. The predicted octanol–water partition coefficient (Wildman–Crippen LogP) is 3.21. The van der Waals surface area contributed by atoms with Gasteiger partial charge in [-0.2, -0.15) is 0 Å². The number of hydrogen-bond donors (Lipinski definition) is 1. The molecule has 8 heteroatoms. The lowest BCUT2D eigenvalue weighted by Gasteiger charge is -2.28.